The summed E-state index contributed by atoms with van der Waals surface area (Å²) < 4.78 is 12.5. The van der Waals surface area contributed by atoms with Crippen molar-refractivity contribution in [1.29, 1.82) is 0 Å². The van der Waals surface area contributed by atoms with Crippen molar-refractivity contribution in [2.45, 2.75) is 0 Å². The topological polar surface area (TPSA) is 141 Å². The van der Waals surface area contributed by atoms with E-state index in [9.17, 15) is 0 Å². The molecule has 0 saturated heterocycles. The standard InChI is InChI=1S/C32H22N4S.C6H8N4S/c1-5-13-23(14-6-1)31(24-15-7-2-8-16-24)33-27-21-29-30(36-37-35-29)22-28(27)34-32(25-17-9-3-10-18-25)26-19-11-4-12-20-26;7-3-1-5(9)6(10-11)2-4(3)8/h1-22H;1-2H,7-9H2. The molecule has 0 bridgehead atoms. The fourth-order valence-corrected chi connectivity index (χ4v) is 5.59. The van der Waals surface area contributed by atoms with Crippen LogP contribution in [0.1, 0.15) is 22.3 Å². The first-order chi connectivity index (χ1) is 23.5. The molecule has 7 aromatic rings. The summed E-state index contributed by atoms with van der Waals surface area (Å²) in [5.74, 6) is 0. The Hall–Kier alpha value is -6.10. The van der Waals surface area contributed by atoms with E-state index in [1.165, 1.54) is 11.7 Å². The molecule has 1 heterocycles. The smallest absolute Gasteiger partial charge is 0.107 e. The molecule has 6 aromatic carbocycles. The molecule has 0 aliphatic carbocycles. The van der Waals surface area contributed by atoms with Crippen LogP contribution < -0.4 is 17.2 Å². The minimum Gasteiger partial charge on any atom is -0.397 e. The van der Waals surface area contributed by atoms with Crippen LogP contribution in [0, 0.1) is 0 Å². The molecule has 8 nitrogen and oxygen atoms in total. The molecule has 0 amide bonds. The van der Waals surface area contributed by atoms with E-state index >= 15 is 0 Å². The number of hydrogen-bond acceptors (Lipinski definition) is 10. The number of hydrogen-bond donors (Lipinski definition) is 3. The molecule has 0 spiro atoms. The van der Waals surface area contributed by atoms with Crippen LogP contribution in [0.3, 0.4) is 0 Å². The zero-order valence-corrected chi connectivity index (χ0v) is 27.3. The average Bonchev–Trinajstić information content (AvgIpc) is 3.60. The molecule has 7 rings (SSSR count). The largest absolute Gasteiger partial charge is 0.397 e. The number of nitrogens with two attached hydrogens (primary N) is 3. The van der Waals surface area contributed by atoms with Crippen LogP contribution in [0.2, 0.25) is 0 Å². The van der Waals surface area contributed by atoms with E-state index in [0.717, 1.165) is 56.1 Å². The Morgan fingerprint density at radius 3 is 1.17 bits per heavy atom. The van der Waals surface area contributed by atoms with Gasteiger partial charge in [0.05, 0.1) is 51.6 Å². The van der Waals surface area contributed by atoms with Gasteiger partial charge in [0.25, 0.3) is 0 Å². The second kappa shape index (κ2) is 15.0. The Bertz CT molecular complexity index is 2010. The van der Waals surface area contributed by atoms with E-state index in [2.05, 4.69) is 74.1 Å². The summed E-state index contributed by atoms with van der Waals surface area (Å²) in [6, 6.07) is 48.0. The van der Waals surface area contributed by atoms with Gasteiger partial charge in [-0.1, -0.05) is 121 Å². The zero-order chi connectivity index (χ0) is 33.3. The van der Waals surface area contributed by atoms with Crippen molar-refractivity contribution in [1.82, 2.24) is 8.75 Å². The SMILES string of the molecule is Nc1cc(N)c(N=S)cc1N.c1ccc(C(=Nc2cc3nsnc3cc2N=C(c2ccccc2)c2ccccc2)c2ccccc2)cc1. The molecule has 0 fully saturated rings. The van der Waals surface area contributed by atoms with Gasteiger partial charge in [0, 0.05) is 34.7 Å². The maximum absolute atomic E-state index is 5.50. The number of nitrogens with zero attached hydrogens (tertiary/aromatic N) is 5. The number of fused-ring (bicyclic) bond motifs is 1. The molecule has 0 saturated carbocycles. The number of rotatable bonds is 7. The van der Waals surface area contributed by atoms with Gasteiger partial charge in [0.1, 0.15) is 16.7 Å². The van der Waals surface area contributed by atoms with Gasteiger partial charge in [-0.3, -0.25) is 0 Å². The van der Waals surface area contributed by atoms with Crippen molar-refractivity contribution in [2.24, 2.45) is 14.3 Å². The molecule has 234 valence electrons. The highest BCUT2D eigenvalue weighted by atomic mass is 32.1. The van der Waals surface area contributed by atoms with Crippen LogP contribution in [-0.2, 0) is 12.4 Å². The molecule has 0 aliphatic rings. The van der Waals surface area contributed by atoms with Crippen molar-refractivity contribution in [3.8, 4) is 0 Å². The lowest BCUT2D eigenvalue weighted by Gasteiger charge is -2.11. The van der Waals surface area contributed by atoms with E-state index in [-0.39, 0.29) is 0 Å². The van der Waals surface area contributed by atoms with Gasteiger partial charge in [-0.25, -0.2) is 9.98 Å². The molecule has 48 heavy (non-hydrogen) atoms. The molecular weight excluding hydrogens is 633 g/mol. The van der Waals surface area contributed by atoms with Crippen LogP contribution in [0.15, 0.2) is 160 Å². The average molecular weight is 663 g/mol. The Labute approximate surface area is 287 Å². The summed E-state index contributed by atoms with van der Waals surface area (Å²) in [6.45, 7) is 0. The van der Waals surface area contributed by atoms with Gasteiger partial charge in [-0.2, -0.15) is 13.1 Å². The summed E-state index contributed by atoms with van der Waals surface area (Å²) in [4.78, 5) is 10.4. The summed E-state index contributed by atoms with van der Waals surface area (Å²) in [7, 11) is 0. The molecule has 6 N–H and O–H groups in total. The minimum atomic E-state index is 0.447. The van der Waals surface area contributed by atoms with E-state index in [1.54, 1.807) is 12.1 Å². The molecule has 0 radical (unpaired) electrons. The fraction of sp³-hybridized carbons (Fsp3) is 0. The number of anilines is 3. The Morgan fingerprint density at radius 1 is 0.458 bits per heavy atom. The lowest BCUT2D eigenvalue weighted by molar-refractivity contribution is 1.42. The minimum absolute atomic E-state index is 0.447. The third-order valence-corrected chi connectivity index (χ3v) is 8.09. The normalized spacial score (nSPS) is 10.4. The van der Waals surface area contributed by atoms with Gasteiger partial charge in [0.15, 0.2) is 0 Å². The number of aliphatic imine (C=N–C) groups is 2. The van der Waals surface area contributed by atoms with Gasteiger partial charge >= 0.3 is 0 Å². The highest BCUT2D eigenvalue weighted by molar-refractivity contribution is 7.47. The molecule has 10 heteroatoms. The monoisotopic (exact) mass is 662 g/mol. The van der Waals surface area contributed by atoms with E-state index in [0.29, 0.717) is 22.7 Å². The van der Waals surface area contributed by atoms with E-state index in [4.69, 9.17) is 27.2 Å². The van der Waals surface area contributed by atoms with Gasteiger partial charge < -0.3 is 17.2 Å². The molecule has 0 aliphatic heterocycles. The van der Waals surface area contributed by atoms with Gasteiger partial charge in [0.2, 0.25) is 0 Å². The lowest BCUT2D eigenvalue weighted by Crippen LogP contribution is -2.03. The first kappa shape index (κ1) is 31.9. The van der Waals surface area contributed by atoms with Crippen LogP contribution in [0.25, 0.3) is 11.0 Å². The van der Waals surface area contributed by atoms with Gasteiger partial charge in [-0.15, -0.1) is 0 Å². The maximum atomic E-state index is 5.50. The van der Waals surface area contributed by atoms with Crippen molar-refractivity contribution < 1.29 is 0 Å². The van der Waals surface area contributed by atoms with Crippen LogP contribution in [0.4, 0.5) is 34.1 Å². The van der Waals surface area contributed by atoms with E-state index in [1.807, 2.05) is 84.9 Å². The highest BCUT2D eigenvalue weighted by Gasteiger charge is 2.14. The first-order valence-electron chi connectivity index (χ1n) is 14.9. The van der Waals surface area contributed by atoms with Crippen molar-refractivity contribution >= 4 is 80.7 Å². The molecule has 1 aromatic heterocycles. The molecule has 0 unspecified atom stereocenters. The maximum Gasteiger partial charge on any atom is 0.107 e. The summed E-state index contributed by atoms with van der Waals surface area (Å²) in [5.41, 5.74) is 27.3. The second-order valence-electron chi connectivity index (χ2n) is 10.6. The predicted octanol–water partition coefficient (Wildman–Crippen LogP) is 8.82. The number of nitrogen functional groups attached to an aromatic ring is 3. The highest BCUT2D eigenvalue weighted by Crippen LogP contribution is 2.35. The van der Waals surface area contributed by atoms with Crippen molar-refractivity contribution in [2.75, 3.05) is 17.2 Å². The predicted molar refractivity (Wildman–Crippen MR) is 203 cm³/mol. The van der Waals surface area contributed by atoms with Gasteiger partial charge in [-0.05, 0) is 24.3 Å². The summed E-state index contributed by atoms with van der Waals surface area (Å²) in [5, 5.41) is 0. The Kier molecular flexibility index (Phi) is 9.95. The third-order valence-electron chi connectivity index (χ3n) is 7.33. The second-order valence-corrected chi connectivity index (χ2v) is 11.3. The Morgan fingerprint density at radius 2 is 0.812 bits per heavy atom. The van der Waals surface area contributed by atoms with Crippen LogP contribution >= 0.6 is 11.7 Å². The van der Waals surface area contributed by atoms with E-state index < -0.39 is 0 Å². The number of aromatic nitrogens is 2. The lowest BCUT2D eigenvalue weighted by atomic mass is 10.0. The zero-order valence-electron chi connectivity index (χ0n) is 25.6. The first-order valence-corrected chi connectivity index (χ1v) is 16.0. The quantitative estimate of drug-likeness (QED) is 0.115. The number of benzene rings is 6. The van der Waals surface area contributed by atoms with Crippen molar-refractivity contribution in [3.05, 3.63) is 168 Å². The third kappa shape index (κ3) is 7.47. The molecular formula is C38H30N8S2. The fourth-order valence-electron chi connectivity index (χ4n) is 4.92. The molecule has 0 atom stereocenters. The summed E-state index contributed by atoms with van der Waals surface area (Å²) in [6.07, 6.45) is 0. The Balaban J connectivity index is 0.000000312. The van der Waals surface area contributed by atoms with Crippen LogP contribution in [-0.4, -0.2) is 20.2 Å². The van der Waals surface area contributed by atoms with Crippen molar-refractivity contribution in [3.63, 3.8) is 0 Å². The summed E-state index contributed by atoms with van der Waals surface area (Å²) >= 11 is 5.65. The van der Waals surface area contributed by atoms with Crippen LogP contribution in [0.5, 0.6) is 0 Å².